The summed E-state index contributed by atoms with van der Waals surface area (Å²) in [6.45, 7) is 1.84. The lowest BCUT2D eigenvalue weighted by atomic mass is 10.1. The van der Waals surface area contributed by atoms with Crippen LogP contribution in [0.25, 0.3) is 0 Å². The van der Waals surface area contributed by atoms with Gasteiger partial charge >= 0.3 is 5.97 Å². The van der Waals surface area contributed by atoms with Gasteiger partial charge in [-0.3, -0.25) is 0 Å². The molecule has 0 aromatic rings. The molecule has 0 amide bonds. The molecular weight excluding hydrogens is 212 g/mol. The molecule has 2 aliphatic carbocycles. The van der Waals surface area contributed by atoms with Gasteiger partial charge in [-0.15, -0.1) is 0 Å². The summed E-state index contributed by atoms with van der Waals surface area (Å²) in [5, 5.41) is 23.7. The third-order valence-corrected chi connectivity index (χ3v) is 3.33. The molecule has 1 unspecified atom stereocenters. The molecule has 88 valence electrons. The molecule has 0 heterocycles. The highest BCUT2D eigenvalue weighted by Gasteiger charge is 2.65. The second-order valence-electron chi connectivity index (χ2n) is 4.27. The van der Waals surface area contributed by atoms with Crippen LogP contribution in [-0.4, -0.2) is 34.4 Å². The Morgan fingerprint density at radius 2 is 2.12 bits per heavy atom. The van der Waals surface area contributed by atoms with Gasteiger partial charge in [-0.2, -0.15) is 0 Å². The first-order valence-electron chi connectivity index (χ1n) is 5.30. The van der Waals surface area contributed by atoms with Crippen molar-refractivity contribution in [3.63, 3.8) is 0 Å². The van der Waals surface area contributed by atoms with Crippen LogP contribution in [0.3, 0.4) is 0 Å². The van der Waals surface area contributed by atoms with E-state index in [0.717, 1.165) is 19.3 Å². The number of hydrogen-bond acceptors (Lipinski definition) is 6. The summed E-state index contributed by atoms with van der Waals surface area (Å²) in [6, 6.07) is 0. The first-order valence-corrected chi connectivity index (χ1v) is 5.30. The molecule has 1 spiro atoms. The summed E-state index contributed by atoms with van der Waals surface area (Å²) in [6.07, 6.45) is 3.06. The largest absolute Gasteiger partial charge is 0.461 e. The van der Waals surface area contributed by atoms with E-state index < -0.39 is 5.97 Å². The van der Waals surface area contributed by atoms with E-state index in [1.165, 1.54) is 0 Å². The van der Waals surface area contributed by atoms with Crippen molar-refractivity contribution in [2.45, 2.75) is 26.2 Å². The molecular formula is C10H14N2O4. The molecule has 2 N–H and O–H groups in total. The SMILES string of the molecule is CCOC(=O)C(=N/O)/C(=N\O)C1CC12CC2. The third-order valence-electron chi connectivity index (χ3n) is 3.33. The normalized spacial score (nSPS) is 26.7. The summed E-state index contributed by atoms with van der Waals surface area (Å²) in [5.41, 5.74) is 0.0841. The van der Waals surface area contributed by atoms with Gasteiger partial charge in [0.15, 0.2) is 0 Å². The maximum absolute atomic E-state index is 11.4. The molecule has 0 bridgehead atoms. The van der Waals surface area contributed by atoms with Crippen molar-refractivity contribution in [3.8, 4) is 0 Å². The highest BCUT2D eigenvalue weighted by Crippen LogP contribution is 2.71. The number of ether oxygens (including phenoxy) is 1. The molecule has 0 saturated heterocycles. The lowest BCUT2D eigenvalue weighted by Gasteiger charge is -2.05. The minimum absolute atomic E-state index is 0.0350. The lowest BCUT2D eigenvalue weighted by molar-refractivity contribution is -0.134. The number of oxime groups is 2. The van der Waals surface area contributed by atoms with Gasteiger partial charge in [-0.05, 0) is 31.6 Å². The van der Waals surface area contributed by atoms with Crippen LogP contribution in [0.15, 0.2) is 10.3 Å². The Morgan fingerprint density at radius 3 is 2.50 bits per heavy atom. The number of carbonyl (C=O) groups excluding carboxylic acids is 1. The first kappa shape index (κ1) is 10.9. The van der Waals surface area contributed by atoms with Crippen LogP contribution in [0.2, 0.25) is 0 Å². The molecule has 2 saturated carbocycles. The van der Waals surface area contributed by atoms with Crippen LogP contribution < -0.4 is 0 Å². The zero-order valence-corrected chi connectivity index (χ0v) is 9.01. The van der Waals surface area contributed by atoms with E-state index in [4.69, 9.17) is 15.2 Å². The molecule has 2 rings (SSSR count). The fourth-order valence-electron chi connectivity index (χ4n) is 2.13. The Labute approximate surface area is 92.6 Å². The van der Waals surface area contributed by atoms with Gasteiger partial charge in [0.05, 0.1) is 6.61 Å². The van der Waals surface area contributed by atoms with Crippen molar-refractivity contribution in [1.29, 1.82) is 0 Å². The molecule has 6 heteroatoms. The third kappa shape index (κ3) is 1.64. The van der Waals surface area contributed by atoms with E-state index in [1.54, 1.807) is 6.92 Å². The van der Waals surface area contributed by atoms with Gasteiger partial charge in [-0.25, -0.2) is 4.79 Å². The molecule has 2 aliphatic rings. The maximum atomic E-state index is 11.4. The molecule has 16 heavy (non-hydrogen) atoms. The van der Waals surface area contributed by atoms with E-state index in [9.17, 15) is 4.79 Å². The van der Waals surface area contributed by atoms with Gasteiger partial charge in [0.2, 0.25) is 5.71 Å². The Kier molecular flexibility index (Phi) is 2.57. The van der Waals surface area contributed by atoms with E-state index >= 15 is 0 Å². The number of nitrogens with zero attached hydrogens (tertiary/aromatic N) is 2. The Balaban J connectivity index is 2.11. The van der Waals surface area contributed by atoms with Crippen LogP contribution in [0.1, 0.15) is 26.2 Å². The van der Waals surface area contributed by atoms with Crippen LogP contribution >= 0.6 is 0 Å². The average molecular weight is 226 g/mol. The Bertz CT molecular complexity index is 371. The molecule has 0 aliphatic heterocycles. The number of esters is 1. The lowest BCUT2D eigenvalue weighted by Crippen LogP contribution is -2.28. The summed E-state index contributed by atoms with van der Waals surface area (Å²) >= 11 is 0. The van der Waals surface area contributed by atoms with Crippen LogP contribution in [0.4, 0.5) is 0 Å². The fourth-order valence-corrected chi connectivity index (χ4v) is 2.13. The molecule has 0 aromatic heterocycles. The summed E-state index contributed by atoms with van der Waals surface area (Å²) in [5.74, 6) is -0.715. The van der Waals surface area contributed by atoms with E-state index in [-0.39, 0.29) is 29.4 Å². The summed E-state index contributed by atoms with van der Waals surface area (Å²) in [4.78, 5) is 11.4. The number of hydrogen-bond donors (Lipinski definition) is 2. The second kappa shape index (κ2) is 3.77. The fraction of sp³-hybridized carbons (Fsp3) is 0.700. The van der Waals surface area contributed by atoms with Crippen molar-refractivity contribution < 1.29 is 19.9 Å². The van der Waals surface area contributed by atoms with Crippen LogP contribution in [0, 0.1) is 11.3 Å². The average Bonchev–Trinajstić information content (AvgIpc) is 3.17. The number of carbonyl (C=O) groups is 1. The van der Waals surface area contributed by atoms with Gasteiger partial charge in [0.25, 0.3) is 0 Å². The second-order valence-corrected chi connectivity index (χ2v) is 4.27. The van der Waals surface area contributed by atoms with Crippen molar-refractivity contribution in [3.05, 3.63) is 0 Å². The standard InChI is InChI=1S/C10H14N2O4/c1-2-16-9(13)8(12-15)7(11-14)6-5-10(6)3-4-10/h6,14-15H,2-5H2,1H3/b11-7-,12-8+. The summed E-state index contributed by atoms with van der Waals surface area (Å²) in [7, 11) is 0. The topological polar surface area (TPSA) is 91.5 Å². The predicted octanol–water partition coefficient (Wildman–Crippen LogP) is 1.01. The molecule has 1 atom stereocenters. The van der Waals surface area contributed by atoms with E-state index in [2.05, 4.69) is 10.3 Å². The van der Waals surface area contributed by atoms with E-state index in [1.807, 2.05) is 0 Å². The molecule has 2 fully saturated rings. The minimum atomic E-state index is -0.750. The van der Waals surface area contributed by atoms with Crippen LogP contribution in [0.5, 0.6) is 0 Å². The monoisotopic (exact) mass is 226 g/mol. The number of rotatable bonds is 4. The van der Waals surface area contributed by atoms with Gasteiger partial charge < -0.3 is 15.2 Å². The van der Waals surface area contributed by atoms with Gasteiger partial charge in [-0.1, -0.05) is 10.3 Å². The molecule has 6 nitrogen and oxygen atoms in total. The highest BCUT2D eigenvalue weighted by atomic mass is 16.5. The first-order chi connectivity index (χ1) is 7.68. The molecule has 0 aromatic carbocycles. The van der Waals surface area contributed by atoms with E-state index in [0.29, 0.717) is 0 Å². The predicted molar refractivity (Wildman–Crippen MR) is 54.9 cm³/mol. The highest BCUT2D eigenvalue weighted by molar-refractivity contribution is 6.66. The zero-order valence-electron chi connectivity index (χ0n) is 9.01. The van der Waals surface area contributed by atoms with Gasteiger partial charge in [0.1, 0.15) is 5.71 Å². The Hall–Kier alpha value is -1.59. The maximum Gasteiger partial charge on any atom is 0.362 e. The van der Waals surface area contributed by atoms with Crippen molar-refractivity contribution in [1.82, 2.24) is 0 Å². The smallest absolute Gasteiger partial charge is 0.362 e. The zero-order chi connectivity index (χ0) is 11.8. The quantitative estimate of drug-likeness (QED) is 0.324. The molecule has 0 radical (unpaired) electrons. The van der Waals surface area contributed by atoms with Crippen molar-refractivity contribution in [2.75, 3.05) is 6.61 Å². The minimum Gasteiger partial charge on any atom is -0.461 e. The Morgan fingerprint density at radius 1 is 1.44 bits per heavy atom. The van der Waals surface area contributed by atoms with Crippen LogP contribution in [-0.2, 0) is 9.53 Å². The van der Waals surface area contributed by atoms with Gasteiger partial charge in [0, 0.05) is 5.92 Å². The van der Waals surface area contributed by atoms with Crippen molar-refractivity contribution >= 4 is 17.4 Å². The summed E-state index contributed by atoms with van der Waals surface area (Å²) < 4.78 is 4.72. The van der Waals surface area contributed by atoms with Crippen molar-refractivity contribution in [2.24, 2.45) is 21.6 Å².